The molecule has 0 radical (unpaired) electrons. The number of nitrogens with zero attached hydrogens (tertiary/aromatic N) is 1. The summed E-state index contributed by atoms with van der Waals surface area (Å²) in [5.74, 6) is -0.144. The molecule has 0 spiro atoms. The SMILES string of the molecule is CC[C@@H](NC(=O)c1ccc(N(C)S(=O)(=O)CC)cc1)c1ccc(C)cc1C. The van der Waals surface area contributed by atoms with E-state index in [2.05, 4.69) is 30.4 Å². The van der Waals surface area contributed by atoms with E-state index >= 15 is 0 Å². The van der Waals surface area contributed by atoms with Gasteiger partial charge in [0.25, 0.3) is 5.91 Å². The van der Waals surface area contributed by atoms with Crippen LogP contribution >= 0.6 is 0 Å². The van der Waals surface area contributed by atoms with E-state index in [0.29, 0.717) is 11.3 Å². The molecule has 2 aromatic carbocycles. The first-order valence-electron chi connectivity index (χ1n) is 9.14. The number of amides is 1. The van der Waals surface area contributed by atoms with E-state index in [0.717, 1.165) is 17.5 Å². The van der Waals surface area contributed by atoms with Crippen LogP contribution in [-0.4, -0.2) is 27.1 Å². The van der Waals surface area contributed by atoms with Gasteiger partial charge in [-0.25, -0.2) is 8.42 Å². The molecule has 1 atom stereocenters. The number of benzene rings is 2. The summed E-state index contributed by atoms with van der Waals surface area (Å²) in [6.07, 6.45) is 0.783. The predicted molar refractivity (Wildman–Crippen MR) is 111 cm³/mol. The Morgan fingerprint density at radius 2 is 1.70 bits per heavy atom. The number of sulfonamides is 1. The number of hydrogen-bond acceptors (Lipinski definition) is 3. The molecular formula is C21H28N2O3S. The molecule has 0 heterocycles. The predicted octanol–water partition coefficient (Wildman–Crippen LogP) is 3.97. The van der Waals surface area contributed by atoms with Crippen molar-refractivity contribution in [3.63, 3.8) is 0 Å². The van der Waals surface area contributed by atoms with Crippen LogP contribution in [-0.2, 0) is 10.0 Å². The lowest BCUT2D eigenvalue weighted by molar-refractivity contribution is 0.0935. The van der Waals surface area contributed by atoms with E-state index in [4.69, 9.17) is 0 Å². The zero-order chi connectivity index (χ0) is 20.2. The highest BCUT2D eigenvalue weighted by molar-refractivity contribution is 7.92. The average molecular weight is 389 g/mol. The van der Waals surface area contributed by atoms with Crippen molar-refractivity contribution in [3.05, 3.63) is 64.7 Å². The maximum atomic E-state index is 12.7. The number of carbonyl (C=O) groups excluding carboxylic acids is 1. The summed E-state index contributed by atoms with van der Waals surface area (Å²) in [5.41, 5.74) is 4.50. The molecule has 0 aliphatic carbocycles. The van der Waals surface area contributed by atoms with E-state index in [9.17, 15) is 13.2 Å². The molecule has 146 valence electrons. The van der Waals surface area contributed by atoms with Crippen molar-refractivity contribution in [3.8, 4) is 0 Å². The molecule has 0 saturated heterocycles. The Morgan fingerprint density at radius 3 is 2.22 bits per heavy atom. The second-order valence-electron chi connectivity index (χ2n) is 6.71. The third kappa shape index (κ3) is 4.89. The molecule has 0 unspecified atom stereocenters. The van der Waals surface area contributed by atoms with Gasteiger partial charge in [-0.05, 0) is 62.6 Å². The van der Waals surface area contributed by atoms with Crippen LogP contribution in [0.3, 0.4) is 0 Å². The maximum Gasteiger partial charge on any atom is 0.251 e. The van der Waals surface area contributed by atoms with Crippen molar-refractivity contribution in [1.29, 1.82) is 0 Å². The summed E-state index contributed by atoms with van der Waals surface area (Å²) in [4.78, 5) is 12.7. The topological polar surface area (TPSA) is 66.5 Å². The first kappa shape index (κ1) is 21.0. The van der Waals surface area contributed by atoms with Gasteiger partial charge in [0.15, 0.2) is 0 Å². The van der Waals surface area contributed by atoms with E-state index in [-0.39, 0.29) is 17.7 Å². The first-order valence-corrected chi connectivity index (χ1v) is 10.7. The highest BCUT2D eigenvalue weighted by atomic mass is 32.2. The van der Waals surface area contributed by atoms with Gasteiger partial charge in [0.2, 0.25) is 10.0 Å². The minimum atomic E-state index is -3.32. The molecule has 2 rings (SSSR count). The second-order valence-corrected chi connectivity index (χ2v) is 9.00. The fourth-order valence-corrected chi connectivity index (χ4v) is 3.87. The fourth-order valence-electron chi connectivity index (χ4n) is 3.03. The fraction of sp³-hybridized carbons (Fsp3) is 0.381. The van der Waals surface area contributed by atoms with Gasteiger partial charge in [-0.3, -0.25) is 9.10 Å². The van der Waals surface area contributed by atoms with Crippen LogP contribution in [0.25, 0.3) is 0 Å². The van der Waals surface area contributed by atoms with Gasteiger partial charge in [0.05, 0.1) is 17.5 Å². The Labute approximate surface area is 162 Å². The minimum Gasteiger partial charge on any atom is -0.345 e. The lowest BCUT2D eigenvalue weighted by Crippen LogP contribution is -2.29. The van der Waals surface area contributed by atoms with Crippen molar-refractivity contribution in [2.24, 2.45) is 0 Å². The molecule has 0 aromatic heterocycles. The Morgan fingerprint density at radius 1 is 1.07 bits per heavy atom. The van der Waals surface area contributed by atoms with E-state index < -0.39 is 10.0 Å². The Balaban J connectivity index is 2.17. The number of nitrogens with one attached hydrogen (secondary N) is 1. The van der Waals surface area contributed by atoms with E-state index in [1.807, 2.05) is 13.8 Å². The molecule has 0 bridgehead atoms. The zero-order valence-corrected chi connectivity index (χ0v) is 17.4. The van der Waals surface area contributed by atoms with Gasteiger partial charge in [0, 0.05) is 12.6 Å². The van der Waals surface area contributed by atoms with Crippen molar-refractivity contribution in [2.75, 3.05) is 17.1 Å². The maximum absolute atomic E-state index is 12.7. The number of rotatable bonds is 7. The molecule has 0 saturated carbocycles. The van der Waals surface area contributed by atoms with Gasteiger partial charge in [0.1, 0.15) is 0 Å². The molecule has 27 heavy (non-hydrogen) atoms. The number of aryl methyl sites for hydroxylation is 2. The average Bonchev–Trinajstić information content (AvgIpc) is 2.66. The van der Waals surface area contributed by atoms with Crippen LogP contribution in [0, 0.1) is 13.8 Å². The molecule has 0 aliphatic rings. The highest BCUT2D eigenvalue weighted by Crippen LogP contribution is 2.23. The summed E-state index contributed by atoms with van der Waals surface area (Å²) < 4.78 is 25.2. The van der Waals surface area contributed by atoms with E-state index in [1.165, 1.54) is 16.9 Å². The second kappa shape index (κ2) is 8.57. The largest absolute Gasteiger partial charge is 0.345 e. The molecule has 0 fully saturated rings. The van der Waals surface area contributed by atoms with Crippen LogP contribution in [0.1, 0.15) is 53.4 Å². The van der Waals surface area contributed by atoms with Crippen LogP contribution in [0.15, 0.2) is 42.5 Å². The van der Waals surface area contributed by atoms with Crippen molar-refractivity contribution in [2.45, 2.75) is 40.2 Å². The molecule has 5 nitrogen and oxygen atoms in total. The lowest BCUT2D eigenvalue weighted by Gasteiger charge is -2.21. The number of hydrogen-bond donors (Lipinski definition) is 1. The standard InChI is InChI=1S/C21H28N2O3S/c1-6-20(19-13-8-15(3)14-16(19)4)22-21(24)17-9-11-18(12-10-17)23(5)27(25,26)7-2/h8-14,20H,6-7H2,1-5H3,(H,22,24)/t20-/m1/s1. The number of carbonyl (C=O) groups is 1. The summed E-state index contributed by atoms with van der Waals surface area (Å²) >= 11 is 0. The summed E-state index contributed by atoms with van der Waals surface area (Å²) in [6, 6.07) is 12.8. The summed E-state index contributed by atoms with van der Waals surface area (Å²) in [6.45, 7) is 7.74. The van der Waals surface area contributed by atoms with Crippen LogP contribution in [0.4, 0.5) is 5.69 Å². The van der Waals surface area contributed by atoms with Crippen molar-refractivity contribution < 1.29 is 13.2 Å². The Bertz CT molecular complexity index is 906. The molecule has 0 aliphatic heterocycles. The molecule has 2 aromatic rings. The zero-order valence-electron chi connectivity index (χ0n) is 16.6. The first-order chi connectivity index (χ1) is 12.7. The van der Waals surface area contributed by atoms with Crippen LogP contribution in [0.5, 0.6) is 0 Å². The number of anilines is 1. The smallest absolute Gasteiger partial charge is 0.251 e. The molecule has 1 amide bonds. The normalized spacial score (nSPS) is 12.5. The quantitative estimate of drug-likeness (QED) is 0.780. The molecule has 1 N–H and O–H groups in total. The van der Waals surface area contributed by atoms with E-state index in [1.54, 1.807) is 31.2 Å². The van der Waals surface area contributed by atoms with Gasteiger partial charge in [-0.2, -0.15) is 0 Å². The molecular weight excluding hydrogens is 360 g/mol. The Kier molecular flexibility index (Phi) is 6.65. The van der Waals surface area contributed by atoms with Gasteiger partial charge >= 0.3 is 0 Å². The monoisotopic (exact) mass is 388 g/mol. The molecule has 6 heteroatoms. The van der Waals surface area contributed by atoms with Crippen molar-refractivity contribution in [1.82, 2.24) is 5.32 Å². The lowest BCUT2D eigenvalue weighted by atomic mass is 9.97. The van der Waals surface area contributed by atoms with Gasteiger partial charge in [-0.15, -0.1) is 0 Å². The summed E-state index contributed by atoms with van der Waals surface area (Å²) in [7, 11) is -1.80. The minimum absolute atomic E-state index is 0.0276. The third-order valence-corrected chi connectivity index (χ3v) is 6.56. The van der Waals surface area contributed by atoms with Crippen LogP contribution < -0.4 is 9.62 Å². The third-order valence-electron chi connectivity index (χ3n) is 4.79. The summed E-state index contributed by atoms with van der Waals surface area (Å²) in [5, 5.41) is 3.08. The van der Waals surface area contributed by atoms with Gasteiger partial charge < -0.3 is 5.32 Å². The van der Waals surface area contributed by atoms with Crippen molar-refractivity contribution >= 4 is 21.6 Å². The highest BCUT2D eigenvalue weighted by Gasteiger charge is 2.18. The Hall–Kier alpha value is -2.34. The van der Waals surface area contributed by atoms with Crippen LogP contribution in [0.2, 0.25) is 0 Å². The van der Waals surface area contributed by atoms with Gasteiger partial charge in [-0.1, -0.05) is 30.7 Å².